The van der Waals surface area contributed by atoms with Crippen LogP contribution in [0.1, 0.15) is 19.8 Å². The lowest BCUT2D eigenvalue weighted by Crippen LogP contribution is -2.33. The second-order valence-corrected chi connectivity index (χ2v) is 9.10. The van der Waals surface area contributed by atoms with Crippen molar-refractivity contribution in [2.24, 2.45) is 5.73 Å². The Morgan fingerprint density at radius 2 is 2.00 bits per heavy atom. The van der Waals surface area contributed by atoms with Crippen LogP contribution in [0.4, 0.5) is 19.6 Å². The van der Waals surface area contributed by atoms with Gasteiger partial charge in [0.05, 0.1) is 16.9 Å². The molecule has 0 unspecified atom stereocenters. The molecule has 0 saturated heterocycles. The Hall–Kier alpha value is -1.53. The number of thiazole rings is 1. The first kappa shape index (κ1) is 22.8. The summed E-state index contributed by atoms with van der Waals surface area (Å²) in [6.07, 6.45) is 2.56. The summed E-state index contributed by atoms with van der Waals surface area (Å²) in [5, 5.41) is 5.44. The molecule has 0 radical (unpaired) electrons. The molecule has 156 valence electrons. The normalized spacial score (nSPS) is 12.8. The largest absolute Gasteiger partial charge is 0.384 e. The van der Waals surface area contributed by atoms with Gasteiger partial charge in [-0.25, -0.2) is 17.8 Å². The molecule has 0 aliphatic carbocycles. The van der Waals surface area contributed by atoms with Crippen molar-refractivity contribution in [3.8, 4) is 0 Å². The molecule has 0 saturated carbocycles. The van der Waals surface area contributed by atoms with Crippen LogP contribution in [0.3, 0.4) is 0 Å². The fourth-order valence-electron chi connectivity index (χ4n) is 2.25. The average molecular weight is 454 g/mol. The van der Waals surface area contributed by atoms with Gasteiger partial charge in [0, 0.05) is 19.1 Å². The van der Waals surface area contributed by atoms with E-state index < -0.39 is 25.9 Å². The van der Waals surface area contributed by atoms with E-state index in [0.717, 1.165) is 37.7 Å². The number of nitrogens with zero attached hydrogens (tertiary/aromatic N) is 1. The molecule has 1 heterocycles. The third-order valence-corrected chi connectivity index (χ3v) is 6.27. The minimum atomic E-state index is -4.29. The summed E-state index contributed by atoms with van der Waals surface area (Å²) < 4.78 is 54.0. The highest BCUT2D eigenvalue weighted by atomic mass is 35.5. The maximum Gasteiger partial charge on any atom is 0.266 e. The number of halogens is 3. The van der Waals surface area contributed by atoms with Crippen LogP contribution in [0.2, 0.25) is 5.02 Å². The zero-order valence-electron chi connectivity index (χ0n) is 15.1. The van der Waals surface area contributed by atoms with Crippen molar-refractivity contribution < 1.29 is 17.2 Å². The minimum Gasteiger partial charge on any atom is -0.384 e. The van der Waals surface area contributed by atoms with Crippen LogP contribution in [0.15, 0.2) is 23.2 Å². The number of benzene rings is 1. The van der Waals surface area contributed by atoms with Gasteiger partial charge in [-0.15, -0.1) is 0 Å². The average Bonchev–Trinajstić information content (AvgIpc) is 3.03. The third-order valence-electron chi connectivity index (χ3n) is 3.78. The van der Waals surface area contributed by atoms with Gasteiger partial charge in [0.15, 0.2) is 10.3 Å². The number of anilines is 2. The van der Waals surface area contributed by atoms with Gasteiger partial charge in [0.1, 0.15) is 10.7 Å². The first-order chi connectivity index (χ1) is 13.2. The second-order valence-electron chi connectivity index (χ2n) is 6.06. The summed E-state index contributed by atoms with van der Waals surface area (Å²) in [5.74, 6) is -0.977. The van der Waals surface area contributed by atoms with E-state index in [0.29, 0.717) is 30.1 Å². The number of nitrogens with one attached hydrogen (secondary N) is 3. The number of sulfonamides is 1. The van der Waals surface area contributed by atoms with Crippen LogP contribution in [-0.4, -0.2) is 39.1 Å². The maximum absolute atomic E-state index is 14.4. The maximum atomic E-state index is 14.4. The van der Waals surface area contributed by atoms with Gasteiger partial charge >= 0.3 is 0 Å². The molecule has 7 nitrogen and oxygen atoms in total. The van der Waals surface area contributed by atoms with Crippen LogP contribution < -0.4 is 21.1 Å². The van der Waals surface area contributed by atoms with Crippen molar-refractivity contribution in [3.05, 3.63) is 34.3 Å². The molecule has 5 N–H and O–H groups in total. The van der Waals surface area contributed by atoms with Crippen LogP contribution in [0.25, 0.3) is 0 Å². The van der Waals surface area contributed by atoms with Crippen molar-refractivity contribution in [2.45, 2.75) is 30.7 Å². The molecular weight excluding hydrogens is 432 g/mol. The van der Waals surface area contributed by atoms with Crippen molar-refractivity contribution in [2.75, 3.05) is 29.7 Å². The molecule has 1 aromatic carbocycles. The van der Waals surface area contributed by atoms with Crippen molar-refractivity contribution in [1.82, 2.24) is 10.3 Å². The molecule has 1 aromatic heterocycles. The highest BCUT2D eigenvalue weighted by Crippen LogP contribution is 2.29. The number of nitrogens with two attached hydrogens (primary N) is 1. The molecule has 28 heavy (non-hydrogen) atoms. The Labute approximate surface area is 171 Å². The fraction of sp³-hybridized carbons (Fsp3) is 0.438. The Kier molecular flexibility index (Phi) is 8.38. The van der Waals surface area contributed by atoms with Gasteiger partial charge in [-0.05, 0) is 38.4 Å². The zero-order valence-corrected chi connectivity index (χ0v) is 17.5. The first-order valence-electron chi connectivity index (χ1n) is 8.53. The van der Waals surface area contributed by atoms with Gasteiger partial charge in [-0.1, -0.05) is 22.9 Å². The van der Waals surface area contributed by atoms with Crippen LogP contribution >= 0.6 is 22.9 Å². The standard InChI is InChI=1S/C16H22ClF2N5O2S2/c1-10(8-20)21-4-2-3-5-22-13-7-12(18)14(6-11(13)17)28(25,26)24-16-23-9-15(19)27-16/h6-7,9-10,21-22H,2-5,8,20H2,1H3,(H,23,24)/t10-/m1/s1. The number of aromatic nitrogens is 1. The molecule has 0 aliphatic heterocycles. The summed E-state index contributed by atoms with van der Waals surface area (Å²) in [7, 11) is -4.29. The van der Waals surface area contributed by atoms with Gasteiger partial charge in [-0.2, -0.15) is 4.39 Å². The number of unbranched alkanes of at least 4 members (excludes halogenated alkanes) is 1. The highest BCUT2D eigenvalue weighted by molar-refractivity contribution is 7.93. The molecular formula is C16H22ClF2N5O2S2. The quantitative estimate of drug-likeness (QED) is 0.389. The van der Waals surface area contributed by atoms with Gasteiger partial charge in [0.25, 0.3) is 10.0 Å². The molecule has 2 aromatic rings. The SMILES string of the molecule is C[C@H](CN)NCCCCNc1cc(F)c(S(=O)(=O)Nc2ncc(F)s2)cc1Cl. The summed E-state index contributed by atoms with van der Waals surface area (Å²) in [4.78, 5) is 2.91. The first-order valence-corrected chi connectivity index (χ1v) is 11.2. The van der Waals surface area contributed by atoms with Crippen LogP contribution in [0.5, 0.6) is 0 Å². The monoisotopic (exact) mass is 453 g/mol. The lowest BCUT2D eigenvalue weighted by Gasteiger charge is -2.13. The van der Waals surface area contributed by atoms with E-state index >= 15 is 0 Å². The van der Waals surface area contributed by atoms with Gasteiger partial charge in [-0.3, -0.25) is 4.72 Å². The predicted octanol–water partition coefficient (Wildman–Crippen LogP) is 3.00. The van der Waals surface area contributed by atoms with Gasteiger partial charge in [0.2, 0.25) is 0 Å². The van der Waals surface area contributed by atoms with E-state index in [1.807, 2.05) is 11.6 Å². The van der Waals surface area contributed by atoms with Crippen LogP contribution in [0, 0.1) is 10.9 Å². The number of rotatable bonds is 11. The Morgan fingerprint density at radius 3 is 2.64 bits per heavy atom. The molecule has 12 heteroatoms. The van der Waals surface area contributed by atoms with E-state index in [-0.39, 0.29) is 16.2 Å². The van der Waals surface area contributed by atoms with E-state index in [1.165, 1.54) is 0 Å². The second kappa shape index (κ2) is 10.3. The summed E-state index contributed by atoms with van der Waals surface area (Å²) in [6.45, 7) is 3.91. The smallest absolute Gasteiger partial charge is 0.266 e. The molecule has 2 rings (SSSR count). The van der Waals surface area contributed by atoms with Gasteiger partial charge < -0.3 is 16.4 Å². The topological polar surface area (TPSA) is 109 Å². The predicted molar refractivity (Wildman–Crippen MR) is 109 cm³/mol. The fourth-order valence-corrected chi connectivity index (χ4v) is 4.41. The molecule has 0 aliphatic rings. The third kappa shape index (κ3) is 6.52. The molecule has 0 spiro atoms. The summed E-state index contributed by atoms with van der Waals surface area (Å²) in [5.41, 5.74) is 5.81. The number of hydrogen-bond acceptors (Lipinski definition) is 7. The van der Waals surface area contributed by atoms with Crippen molar-refractivity contribution in [3.63, 3.8) is 0 Å². The minimum absolute atomic E-state index is 0.0574. The summed E-state index contributed by atoms with van der Waals surface area (Å²) >= 11 is 6.59. The Balaban J connectivity index is 1.96. The lowest BCUT2D eigenvalue weighted by atomic mass is 10.2. The molecule has 1 atom stereocenters. The Bertz CT molecular complexity index is 895. The van der Waals surface area contributed by atoms with Crippen LogP contribution in [-0.2, 0) is 10.0 Å². The molecule has 0 bridgehead atoms. The zero-order chi connectivity index (χ0) is 20.7. The lowest BCUT2D eigenvalue weighted by molar-refractivity contribution is 0.537. The van der Waals surface area contributed by atoms with E-state index in [4.69, 9.17) is 17.3 Å². The number of hydrogen-bond donors (Lipinski definition) is 4. The van der Waals surface area contributed by atoms with Crippen molar-refractivity contribution >= 4 is 43.8 Å². The highest BCUT2D eigenvalue weighted by Gasteiger charge is 2.23. The molecule has 0 amide bonds. The summed E-state index contributed by atoms with van der Waals surface area (Å²) in [6, 6.07) is 2.28. The Morgan fingerprint density at radius 1 is 1.29 bits per heavy atom. The van der Waals surface area contributed by atoms with E-state index in [2.05, 4.69) is 15.6 Å². The van der Waals surface area contributed by atoms with E-state index in [1.54, 1.807) is 0 Å². The molecule has 0 fully saturated rings. The van der Waals surface area contributed by atoms with Crippen molar-refractivity contribution in [1.29, 1.82) is 0 Å². The van der Waals surface area contributed by atoms with E-state index in [9.17, 15) is 17.2 Å².